The standard InChI is InChI=1S/C14H13NO5/c1-2-6-13(16)20-14(17)10-12(15(18)19)9-11-7-4-3-5-8-11/h3-8,12H,1,9-10H2. The van der Waals surface area contributed by atoms with Gasteiger partial charge in [0.05, 0.1) is 6.08 Å². The van der Waals surface area contributed by atoms with Crippen LogP contribution >= 0.6 is 0 Å². The molecule has 0 N–H and O–H groups in total. The molecular formula is C14H13NO5. The zero-order valence-corrected chi connectivity index (χ0v) is 10.7. The number of hydrogen-bond acceptors (Lipinski definition) is 5. The molecule has 20 heavy (non-hydrogen) atoms. The van der Waals surface area contributed by atoms with Crippen molar-refractivity contribution in [2.75, 3.05) is 0 Å². The molecule has 0 aromatic heterocycles. The van der Waals surface area contributed by atoms with Crippen LogP contribution in [0.5, 0.6) is 0 Å². The molecule has 0 fully saturated rings. The number of nitrogens with zero attached hydrogens (tertiary/aromatic N) is 1. The second kappa shape index (κ2) is 7.66. The van der Waals surface area contributed by atoms with Crippen molar-refractivity contribution in [2.45, 2.75) is 18.9 Å². The molecule has 0 amide bonds. The first kappa shape index (κ1) is 15.3. The van der Waals surface area contributed by atoms with E-state index in [0.717, 1.165) is 11.6 Å². The Hall–Kier alpha value is -2.72. The fraction of sp³-hybridized carbons (Fsp3) is 0.214. The van der Waals surface area contributed by atoms with Gasteiger partial charge in [0.25, 0.3) is 0 Å². The minimum atomic E-state index is -1.13. The van der Waals surface area contributed by atoms with Crippen molar-refractivity contribution in [1.82, 2.24) is 0 Å². The van der Waals surface area contributed by atoms with Crippen LogP contribution < -0.4 is 0 Å². The molecule has 6 nitrogen and oxygen atoms in total. The summed E-state index contributed by atoms with van der Waals surface area (Å²) >= 11 is 0. The lowest BCUT2D eigenvalue weighted by Crippen LogP contribution is -2.27. The van der Waals surface area contributed by atoms with Crippen molar-refractivity contribution < 1.29 is 19.2 Å². The molecule has 0 radical (unpaired) electrons. The van der Waals surface area contributed by atoms with Crippen molar-refractivity contribution in [1.29, 1.82) is 0 Å². The molecule has 104 valence electrons. The molecule has 1 aromatic rings. The Labute approximate surface area is 115 Å². The zero-order valence-electron chi connectivity index (χ0n) is 10.7. The van der Waals surface area contributed by atoms with Crippen LogP contribution in [0, 0.1) is 10.1 Å². The molecule has 0 aliphatic carbocycles. The summed E-state index contributed by atoms with van der Waals surface area (Å²) in [6.45, 7) is 3.15. The van der Waals surface area contributed by atoms with E-state index in [-0.39, 0.29) is 6.42 Å². The van der Waals surface area contributed by atoms with Crippen LogP contribution in [-0.4, -0.2) is 22.9 Å². The highest BCUT2D eigenvalue weighted by molar-refractivity contribution is 5.91. The van der Waals surface area contributed by atoms with Gasteiger partial charge in [-0.3, -0.25) is 14.9 Å². The van der Waals surface area contributed by atoms with E-state index in [0.29, 0.717) is 0 Å². The molecule has 1 aromatic carbocycles. The SMILES string of the molecule is C=C=CC(=O)OC(=O)CC(Cc1ccccc1)[N+](=O)[O-]. The van der Waals surface area contributed by atoms with Crippen molar-refractivity contribution in [3.05, 3.63) is 64.4 Å². The lowest BCUT2D eigenvalue weighted by Gasteiger charge is -2.08. The molecule has 0 bridgehead atoms. The lowest BCUT2D eigenvalue weighted by molar-refractivity contribution is -0.521. The smallest absolute Gasteiger partial charge is 0.346 e. The molecule has 1 unspecified atom stereocenters. The van der Waals surface area contributed by atoms with Crippen LogP contribution in [0.4, 0.5) is 0 Å². The first-order chi connectivity index (χ1) is 9.52. The molecule has 1 rings (SSSR count). The van der Waals surface area contributed by atoms with Crippen LogP contribution in [0.1, 0.15) is 12.0 Å². The highest BCUT2D eigenvalue weighted by atomic mass is 16.6. The van der Waals surface area contributed by atoms with Gasteiger partial charge < -0.3 is 4.74 Å². The van der Waals surface area contributed by atoms with Gasteiger partial charge in [0.2, 0.25) is 6.04 Å². The van der Waals surface area contributed by atoms with E-state index in [4.69, 9.17) is 0 Å². The number of carbonyl (C=O) groups excluding carboxylic acids is 2. The van der Waals surface area contributed by atoms with E-state index < -0.39 is 29.3 Å². The van der Waals surface area contributed by atoms with E-state index in [1.165, 1.54) is 0 Å². The molecule has 6 heteroatoms. The zero-order chi connectivity index (χ0) is 15.0. The summed E-state index contributed by atoms with van der Waals surface area (Å²) in [6, 6.07) is 7.62. The highest BCUT2D eigenvalue weighted by Crippen LogP contribution is 2.09. The Morgan fingerprint density at radius 2 is 2.05 bits per heavy atom. The molecule has 0 saturated carbocycles. The number of carbonyl (C=O) groups is 2. The fourth-order valence-electron chi connectivity index (χ4n) is 1.57. The minimum Gasteiger partial charge on any atom is -0.389 e. The van der Waals surface area contributed by atoms with Gasteiger partial charge in [-0.05, 0) is 5.56 Å². The van der Waals surface area contributed by atoms with Crippen LogP contribution in [0.3, 0.4) is 0 Å². The Morgan fingerprint density at radius 1 is 1.40 bits per heavy atom. The third-order valence-corrected chi connectivity index (χ3v) is 2.45. The maximum absolute atomic E-state index is 11.4. The number of esters is 2. The van der Waals surface area contributed by atoms with Gasteiger partial charge in [-0.15, -0.1) is 5.73 Å². The highest BCUT2D eigenvalue weighted by Gasteiger charge is 2.26. The van der Waals surface area contributed by atoms with Gasteiger partial charge in [0.15, 0.2) is 0 Å². The van der Waals surface area contributed by atoms with Crippen LogP contribution in [0.15, 0.2) is 48.7 Å². The average molecular weight is 275 g/mol. The van der Waals surface area contributed by atoms with Crippen LogP contribution in [0.2, 0.25) is 0 Å². The predicted octanol–water partition coefficient (Wildman–Crippen LogP) is 1.68. The second-order valence-corrected chi connectivity index (χ2v) is 3.97. The normalized spacial score (nSPS) is 11.0. The minimum absolute atomic E-state index is 0.0917. The van der Waals surface area contributed by atoms with Gasteiger partial charge in [0, 0.05) is 11.3 Å². The van der Waals surface area contributed by atoms with E-state index in [1.807, 2.05) is 0 Å². The Kier molecular flexibility index (Phi) is 5.87. The predicted molar refractivity (Wildman–Crippen MR) is 70.4 cm³/mol. The number of benzene rings is 1. The van der Waals surface area contributed by atoms with Gasteiger partial charge in [-0.25, -0.2) is 4.79 Å². The van der Waals surface area contributed by atoms with Crippen molar-refractivity contribution in [2.24, 2.45) is 0 Å². The lowest BCUT2D eigenvalue weighted by atomic mass is 10.0. The summed E-state index contributed by atoms with van der Waals surface area (Å²) in [6.07, 6.45) is 0.462. The van der Waals surface area contributed by atoms with Gasteiger partial charge in [-0.1, -0.05) is 36.9 Å². The summed E-state index contributed by atoms with van der Waals surface area (Å²) in [5.74, 6) is -1.88. The van der Waals surface area contributed by atoms with Crippen molar-refractivity contribution >= 4 is 11.9 Å². The van der Waals surface area contributed by atoms with Crippen LogP contribution in [0.25, 0.3) is 0 Å². The number of nitro groups is 1. The summed E-state index contributed by atoms with van der Waals surface area (Å²) < 4.78 is 4.37. The molecule has 0 heterocycles. The molecular weight excluding hydrogens is 262 g/mol. The quantitative estimate of drug-likeness (QED) is 0.197. The Bertz CT molecular complexity index is 546. The Balaban J connectivity index is 2.64. The van der Waals surface area contributed by atoms with Crippen molar-refractivity contribution in [3.8, 4) is 0 Å². The molecule has 1 atom stereocenters. The summed E-state index contributed by atoms with van der Waals surface area (Å²) in [5.41, 5.74) is 2.89. The first-order valence-electron chi connectivity index (χ1n) is 5.81. The van der Waals surface area contributed by atoms with Gasteiger partial charge in [0.1, 0.15) is 6.42 Å². The molecule has 0 aliphatic rings. The van der Waals surface area contributed by atoms with Crippen molar-refractivity contribution in [3.63, 3.8) is 0 Å². The average Bonchev–Trinajstić information content (AvgIpc) is 2.39. The topological polar surface area (TPSA) is 86.5 Å². The number of rotatable bonds is 6. The first-order valence-corrected chi connectivity index (χ1v) is 5.81. The maximum Gasteiger partial charge on any atom is 0.346 e. The fourth-order valence-corrected chi connectivity index (χ4v) is 1.57. The Morgan fingerprint density at radius 3 is 2.60 bits per heavy atom. The largest absolute Gasteiger partial charge is 0.389 e. The van der Waals surface area contributed by atoms with E-state index >= 15 is 0 Å². The van der Waals surface area contributed by atoms with Gasteiger partial charge in [-0.2, -0.15) is 0 Å². The van der Waals surface area contributed by atoms with Gasteiger partial charge >= 0.3 is 11.9 Å². The maximum atomic E-state index is 11.4. The molecule has 0 spiro atoms. The summed E-state index contributed by atoms with van der Waals surface area (Å²) in [7, 11) is 0. The summed E-state index contributed by atoms with van der Waals surface area (Å²) in [4.78, 5) is 32.8. The second-order valence-electron chi connectivity index (χ2n) is 3.97. The van der Waals surface area contributed by atoms with E-state index in [9.17, 15) is 19.7 Å². The third kappa shape index (κ3) is 5.29. The molecule has 0 saturated heterocycles. The summed E-state index contributed by atoms with van der Waals surface area (Å²) in [5, 5.41) is 10.9. The van der Waals surface area contributed by atoms with E-state index in [2.05, 4.69) is 17.0 Å². The van der Waals surface area contributed by atoms with Crippen LogP contribution in [-0.2, 0) is 20.7 Å². The third-order valence-electron chi connectivity index (χ3n) is 2.45. The molecule has 0 aliphatic heterocycles. The number of ether oxygens (including phenoxy) is 1. The van der Waals surface area contributed by atoms with E-state index in [1.54, 1.807) is 30.3 Å². The monoisotopic (exact) mass is 275 g/mol. The number of hydrogen-bond donors (Lipinski definition) is 0.